The second-order valence-electron chi connectivity index (χ2n) is 5.86. The molecule has 0 bridgehead atoms. The number of hydrogen-bond donors (Lipinski definition) is 0. The predicted molar refractivity (Wildman–Crippen MR) is 79.4 cm³/mol. The zero-order valence-electron chi connectivity index (χ0n) is 12.8. The molecule has 0 aliphatic carbocycles. The Morgan fingerprint density at radius 3 is 2.70 bits per heavy atom. The van der Waals surface area contributed by atoms with Gasteiger partial charge in [0.1, 0.15) is 0 Å². The van der Waals surface area contributed by atoms with Crippen LogP contribution in [0.1, 0.15) is 39.2 Å². The molecule has 0 aromatic heterocycles. The number of hydrogen-bond acceptors (Lipinski definition) is 3. The van der Waals surface area contributed by atoms with Crippen LogP contribution in [0.25, 0.3) is 0 Å². The number of rotatable bonds is 6. The second kappa shape index (κ2) is 7.21. The highest BCUT2D eigenvalue weighted by atomic mass is 16.7. The summed E-state index contributed by atoms with van der Waals surface area (Å²) in [6, 6.07) is 10.3. The van der Waals surface area contributed by atoms with E-state index in [9.17, 15) is 0 Å². The summed E-state index contributed by atoms with van der Waals surface area (Å²) < 4.78 is 17.5. The van der Waals surface area contributed by atoms with Gasteiger partial charge in [-0.2, -0.15) is 0 Å². The van der Waals surface area contributed by atoms with Gasteiger partial charge in [-0.25, -0.2) is 0 Å². The molecule has 1 aliphatic heterocycles. The van der Waals surface area contributed by atoms with Crippen LogP contribution in [0.15, 0.2) is 30.3 Å². The fourth-order valence-corrected chi connectivity index (χ4v) is 2.55. The Hall–Kier alpha value is -0.900. The van der Waals surface area contributed by atoms with E-state index in [1.165, 1.54) is 5.56 Å². The minimum absolute atomic E-state index is 0.236. The smallest absolute Gasteiger partial charge is 0.163 e. The maximum atomic E-state index is 6.03. The van der Waals surface area contributed by atoms with Crippen molar-refractivity contribution in [3.63, 3.8) is 0 Å². The summed E-state index contributed by atoms with van der Waals surface area (Å²) in [5.41, 5.74) is 1.22. The molecule has 3 heteroatoms. The first kappa shape index (κ1) is 15.5. The van der Waals surface area contributed by atoms with Crippen LogP contribution < -0.4 is 0 Å². The van der Waals surface area contributed by atoms with Crippen molar-refractivity contribution in [2.24, 2.45) is 5.92 Å². The molecule has 3 nitrogen and oxygen atoms in total. The third kappa shape index (κ3) is 4.58. The van der Waals surface area contributed by atoms with Crippen molar-refractivity contribution in [1.82, 2.24) is 0 Å². The zero-order valence-corrected chi connectivity index (χ0v) is 12.8. The molecule has 1 aromatic rings. The van der Waals surface area contributed by atoms with Crippen LogP contribution in [-0.4, -0.2) is 25.1 Å². The van der Waals surface area contributed by atoms with E-state index in [4.69, 9.17) is 14.2 Å². The van der Waals surface area contributed by atoms with Gasteiger partial charge in [-0.1, -0.05) is 37.3 Å². The quantitative estimate of drug-likeness (QED) is 0.741. The van der Waals surface area contributed by atoms with Gasteiger partial charge in [-0.3, -0.25) is 0 Å². The van der Waals surface area contributed by atoms with Crippen molar-refractivity contribution in [1.29, 1.82) is 0 Å². The standard InChI is InChI=1S/C17H26O3/c1-4-15-13-19-17(2,3)20-16(15)10-11-18-12-14-8-6-5-7-9-14/h5-9,15-16H,4,10-13H2,1-3H3/t15-,16-/m1/s1. The molecule has 1 aliphatic rings. The topological polar surface area (TPSA) is 27.7 Å². The van der Waals surface area contributed by atoms with Crippen LogP contribution in [0.5, 0.6) is 0 Å². The zero-order chi connectivity index (χ0) is 14.4. The molecule has 0 saturated carbocycles. The fourth-order valence-electron chi connectivity index (χ4n) is 2.55. The minimum atomic E-state index is -0.463. The SMILES string of the molecule is CC[C@@H]1COC(C)(C)O[C@@H]1CCOCc1ccccc1. The molecule has 0 radical (unpaired) electrons. The van der Waals surface area contributed by atoms with Gasteiger partial charge >= 0.3 is 0 Å². The molecular weight excluding hydrogens is 252 g/mol. The molecule has 112 valence electrons. The van der Waals surface area contributed by atoms with Crippen molar-refractivity contribution in [2.45, 2.75) is 52.1 Å². The molecule has 2 atom stereocenters. The first-order chi connectivity index (χ1) is 9.61. The molecule has 0 unspecified atom stereocenters. The van der Waals surface area contributed by atoms with Crippen LogP contribution in [-0.2, 0) is 20.8 Å². The molecular formula is C17H26O3. The summed E-state index contributed by atoms with van der Waals surface area (Å²) in [4.78, 5) is 0. The van der Waals surface area contributed by atoms with E-state index in [1.54, 1.807) is 0 Å². The van der Waals surface area contributed by atoms with E-state index in [1.807, 2.05) is 32.0 Å². The van der Waals surface area contributed by atoms with Gasteiger partial charge in [0, 0.05) is 12.5 Å². The Balaban J connectivity index is 1.74. The van der Waals surface area contributed by atoms with Gasteiger partial charge in [0.25, 0.3) is 0 Å². The predicted octanol–water partition coefficient (Wildman–Crippen LogP) is 3.77. The molecule has 1 aromatic carbocycles. The minimum Gasteiger partial charge on any atom is -0.377 e. The summed E-state index contributed by atoms with van der Waals surface area (Å²) in [5.74, 6) is 0.0128. The summed E-state index contributed by atoms with van der Waals surface area (Å²) in [5, 5.41) is 0. The lowest BCUT2D eigenvalue weighted by Gasteiger charge is -2.41. The average Bonchev–Trinajstić information content (AvgIpc) is 2.44. The van der Waals surface area contributed by atoms with Gasteiger partial charge in [-0.15, -0.1) is 0 Å². The maximum Gasteiger partial charge on any atom is 0.163 e. The third-order valence-corrected chi connectivity index (χ3v) is 3.79. The Labute approximate surface area is 122 Å². The first-order valence-electron chi connectivity index (χ1n) is 7.54. The van der Waals surface area contributed by atoms with E-state index < -0.39 is 5.79 Å². The molecule has 2 rings (SSSR count). The van der Waals surface area contributed by atoms with E-state index in [0.717, 1.165) is 26.1 Å². The van der Waals surface area contributed by atoms with Gasteiger partial charge < -0.3 is 14.2 Å². The molecule has 1 heterocycles. The second-order valence-corrected chi connectivity index (χ2v) is 5.86. The summed E-state index contributed by atoms with van der Waals surface area (Å²) in [6.07, 6.45) is 2.25. The highest BCUT2D eigenvalue weighted by molar-refractivity contribution is 5.13. The van der Waals surface area contributed by atoms with Crippen molar-refractivity contribution < 1.29 is 14.2 Å². The van der Waals surface area contributed by atoms with Crippen LogP contribution in [0.2, 0.25) is 0 Å². The summed E-state index contributed by atoms with van der Waals surface area (Å²) >= 11 is 0. The summed E-state index contributed by atoms with van der Waals surface area (Å²) in [7, 11) is 0. The molecule has 1 fully saturated rings. The van der Waals surface area contributed by atoms with Gasteiger partial charge in [0.2, 0.25) is 0 Å². The molecule has 0 spiro atoms. The lowest BCUT2D eigenvalue weighted by Crippen LogP contribution is -2.45. The van der Waals surface area contributed by atoms with Crippen molar-refractivity contribution in [3.8, 4) is 0 Å². The Morgan fingerprint density at radius 2 is 2.00 bits per heavy atom. The lowest BCUT2D eigenvalue weighted by atomic mass is 9.96. The third-order valence-electron chi connectivity index (χ3n) is 3.79. The van der Waals surface area contributed by atoms with E-state index in [2.05, 4.69) is 19.1 Å². The molecule has 20 heavy (non-hydrogen) atoms. The maximum absolute atomic E-state index is 6.03. The van der Waals surface area contributed by atoms with Crippen molar-refractivity contribution >= 4 is 0 Å². The Morgan fingerprint density at radius 1 is 1.25 bits per heavy atom. The van der Waals surface area contributed by atoms with Crippen molar-refractivity contribution in [3.05, 3.63) is 35.9 Å². The van der Waals surface area contributed by atoms with Gasteiger partial charge in [-0.05, 0) is 32.3 Å². The Bertz CT molecular complexity index is 388. The molecule has 0 N–H and O–H groups in total. The average molecular weight is 278 g/mol. The molecule has 1 saturated heterocycles. The highest BCUT2D eigenvalue weighted by Gasteiger charge is 2.35. The first-order valence-corrected chi connectivity index (χ1v) is 7.54. The van der Waals surface area contributed by atoms with Crippen LogP contribution in [0, 0.1) is 5.92 Å². The lowest BCUT2D eigenvalue weighted by molar-refractivity contribution is -0.295. The summed E-state index contributed by atoms with van der Waals surface area (Å²) in [6.45, 7) is 8.34. The van der Waals surface area contributed by atoms with Crippen LogP contribution in [0.4, 0.5) is 0 Å². The van der Waals surface area contributed by atoms with E-state index in [0.29, 0.717) is 12.5 Å². The van der Waals surface area contributed by atoms with Crippen LogP contribution in [0.3, 0.4) is 0 Å². The van der Waals surface area contributed by atoms with E-state index >= 15 is 0 Å². The normalized spacial score (nSPS) is 25.6. The molecule has 0 amide bonds. The largest absolute Gasteiger partial charge is 0.377 e. The monoisotopic (exact) mass is 278 g/mol. The highest BCUT2D eigenvalue weighted by Crippen LogP contribution is 2.29. The van der Waals surface area contributed by atoms with Crippen molar-refractivity contribution in [2.75, 3.05) is 13.2 Å². The number of benzene rings is 1. The van der Waals surface area contributed by atoms with Gasteiger partial charge in [0.15, 0.2) is 5.79 Å². The fraction of sp³-hybridized carbons (Fsp3) is 0.647. The van der Waals surface area contributed by atoms with E-state index in [-0.39, 0.29) is 6.10 Å². The Kier molecular flexibility index (Phi) is 5.58. The van der Waals surface area contributed by atoms with Gasteiger partial charge in [0.05, 0.1) is 19.3 Å². The number of ether oxygens (including phenoxy) is 3. The van der Waals surface area contributed by atoms with Crippen LogP contribution >= 0.6 is 0 Å².